The van der Waals surface area contributed by atoms with Gasteiger partial charge in [-0.15, -0.1) is 0 Å². The molecule has 0 amide bonds. The maximum atomic E-state index is 9.78. The Morgan fingerprint density at radius 2 is 0.490 bits per heavy atom. The van der Waals surface area contributed by atoms with Crippen molar-refractivity contribution >= 4 is 68.2 Å². The number of nitriles is 1. The molecule has 0 atom stereocenters. The molecule has 0 N–H and O–H groups in total. The normalized spacial score (nSPS) is 12.9. The number of hydrogen-bond acceptors (Lipinski definition) is 7. The molecule has 0 aliphatic carbocycles. The third-order valence-electron chi connectivity index (χ3n) is 29.6. The van der Waals surface area contributed by atoms with Gasteiger partial charge in [0.1, 0.15) is 17.1 Å². The zero-order valence-corrected chi connectivity index (χ0v) is 83.5. The molecule has 3 aromatic heterocycles. The average Bonchev–Trinajstić information content (AvgIpc) is 1.70. The lowest BCUT2D eigenvalue weighted by Crippen LogP contribution is -2.31. The van der Waals surface area contributed by atoms with Gasteiger partial charge < -0.3 is 14.7 Å². The zero-order chi connectivity index (χ0) is 101. The molecule has 24 rings (SSSR count). The molecule has 0 unspecified atom stereocenters. The van der Waals surface area contributed by atoms with Gasteiger partial charge in [-0.25, -0.2) is 28.6 Å². The predicted octanol–water partition coefficient (Wildman–Crippen LogP) is 35.7. The second kappa shape index (κ2) is 38.4. The number of para-hydroxylation sites is 5. The van der Waals surface area contributed by atoms with Crippen LogP contribution in [0.1, 0.15) is 103 Å². The number of rotatable bonds is 15. The Kier molecular flexibility index (Phi) is 24.3. The average molecular weight is 1900 g/mol. The lowest BCUT2D eigenvalue weighted by molar-refractivity contribution is 0.632. The highest BCUT2D eigenvalue weighted by Crippen LogP contribution is 2.60. The molecule has 0 saturated carbocycles. The summed E-state index contributed by atoms with van der Waals surface area (Å²) < 4.78 is 6.26. The first kappa shape index (κ1) is 92.9. The first-order chi connectivity index (χ1) is 71.7. The van der Waals surface area contributed by atoms with E-state index >= 15 is 0 Å². The summed E-state index contributed by atoms with van der Waals surface area (Å²) in [5, 5.41) is 25.8. The standard InChI is InChI=1S/C47H40N4.C44H31N5.C43H32N4/c1-30-32(3)45(50-40-26-18-17-25-38(40)47(5,6)39-29-36(48-7)27-28-41(39)50)33(4)31(2)42(30)43-44(34-19-11-8-12-20-34)49-51(37-23-15-10-16-24-37)46(43)35-21-13-9-14-22-35;1-44(2)37-27-30(29-45)19-25-39(37)48(40-26-22-34(46-3)28-38(40)44)35-23-20-31(21-24-35)41-42(32-13-7-4-8-14-32)47-49(36-17-11-6-12-18-36)43(41)33-15-9-5-10-16-33;1-43(2)36-21-13-14-22-38(36)46(39-28-25-33(44-3)29-37(39)43)34-26-23-30(24-27-34)40-41(31-15-7-4-8-16-31)45-47(35-19-11-6-12-20-35)42(40)32-17-9-5-10-18-32/h8-29H,1-6H3;4-28H,1-2H3;4-29H,1-2H3. The number of aromatic nitrogens is 6. The largest absolute Gasteiger partial charge is 0.310 e. The predicted molar refractivity (Wildman–Crippen MR) is 602 cm³/mol. The third-order valence-corrected chi connectivity index (χ3v) is 29.6. The van der Waals surface area contributed by atoms with Crippen molar-refractivity contribution in [2.75, 3.05) is 14.7 Å². The van der Waals surface area contributed by atoms with E-state index in [2.05, 4.69) is 470 Å². The summed E-state index contributed by atoms with van der Waals surface area (Å²) in [7, 11) is 0. The van der Waals surface area contributed by atoms with Crippen LogP contribution in [0.25, 0.3) is 133 Å². The molecule has 3 aliphatic heterocycles. The monoisotopic (exact) mass is 1890 g/mol. The lowest BCUT2D eigenvalue weighted by atomic mass is 9.73. The molecule has 147 heavy (non-hydrogen) atoms. The second-order valence-corrected chi connectivity index (χ2v) is 39.2. The van der Waals surface area contributed by atoms with Gasteiger partial charge in [0.05, 0.1) is 88.2 Å². The van der Waals surface area contributed by atoms with E-state index in [9.17, 15) is 5.26 Å². The topological polar surface area (TPSA) is 100 Å². The van der Waals surface area contributed by atoms with E-state index in [1.165, 1.54) is 50.3 Å². The van der Waals surface area contributed by atoms with E-state index in [-0.39, 0.29) is 10.8 Å². The summed E-state index contributed by atoms with van der Waals surface area (Å²) in [6.45, 7) is 45.6. The van der Waals surface area contributed by atoms with E-state index in [1.807, 2.05) is 91.0 Å². The van der Waals surface area contributed by atoms with Crippen LogP contribution in [0.3, 0.4) is 0 Å². The van der Waals surface area contributed by atoms with E-state index in [1.54, 1.807) is 0 Å². The lowest BCUT2D eigenvalue weighted by Gasteiger charge is -2.43. The van der Waals surface area contributed by atoms with Crippen LogP contribution in [0.5, 0.6) is 0 Å². The molecule has 6 heterocycles. The highest BCUT2D eigenvalue weighted by Gasteiger charge is 2.43. The Hall–Kier alpha value is -19.1. The van der Waals surface area contributed by atoms with Gasteiger partial charge in [0.25, 0.3) is 0 Å². The van der Waals surface area contributed by atoms with Crippen LogP contribution in [-0.2, 0) is 16.2 Å². The summed E-state index contributed by atoms with van der Waals surface area (Å²) in [4.78, 5) is 18.3. The molecule has 13 nitrogen and oxygen atoms in total. The van der Waals surface area contributed by atoms with Gasteiger partial charge in [0, 0.05) is 94.8 Å². The van der Waals surface area contributed by atoms with Crippen LogP contribution in [0.4, 0.5) is 68.2 Å². The van der Waals surface area contributed by atoms with Gasteiger partial charge in [-0.05, 0) is 209 Å². The summed E-state index contributed by atoms with van der Waals surface area (Å²) in [5.74, 6) is 0. The first-order valence-corrected chi connectivity index (χ1v) is 49.6. The molecular formula is C134H103N13. The van der Waals surface area contributed by atoms with Crippen LogP contribution in [0.2, 0.25) is 0 Å². The minimum atomic E-state index is -0.407. The van der Waals surface area contributed by atoms with Crippen LogP contribution in [0, 0.1) is 58.7 Å². The maximum Gasteiger partial charge on any atom is 0.187 e. The Labute approximate surface area is 859 Å². The Morgan fingerprint density at radius 3 is 0.816 bits per heavy atom. The number of hydrogen-bond donors (Lipinski definition) is 0. The maximum absolute atomic E-state index is 9.78. The molecular weight excluding hydrogens is 1790 g/mol. The van der Waals surface area contributed by atoms with Gasteiger partial charge in [-0.1, -0.05) is 375 Å². The second-order valence-electron chi connectivity index (χ2n) is 39.2. The molecule has 3 aliphatic rings. The minimum absolute atomic E-state index is 0.246. The zero-order valence-electron chi connectivity index (χ0n) is 83.5. The van der Waals surface area contributed by atoms with Gasteiger partial charge in [-0.2, -0.15) is 20.6 Å². The van der Waals surface area contributed by atoms with Crippen molar-refractivity contribution in [2.45, 2.75) is 85.5 Å². The third kappa shape index (κ3) is 16.5. The highest BCUT2D eigenvalue weighted by molar-refractivity contribution is 6.01. The molecule has 18 aromatic carbocycles. The van der Waals surface area contributed by atoms with Crippen LogP contribution in [-0.4, -0.2) is 29.3 Å². The van der Waals surface area contributed by atoms with Crippen molar-refractivity contribution in [3.63, 3.8) is 0 Å². The summed E-state index contributed by atoms with van der Waals surface area (Å²) in [6, 6.07) is 155. The van der Waals surface area contributed by atoms with E-state index in [0.717, 1.165) is 174 Å². The van der Waals surface area contributed by atoms with Gasteiger partial charge in [0.15, 0.2) is 17.1 Å². The summed E-state index contributed by atoms with van der Waals surface area (Å²) in [5.41, 5.74) is 45.2. The molecule has 0 radical (unpaired) electrons. The minimum Gasteiger partial charge on any atom is -0.310 e. The highest BCUT2D eigenvalue weighted by atomic mass is 15.3. The van der Waals surface area contributed by atoms with Crippen molar-refractivity contribution in [1.82, 2.24) is 29.3 Å². The van der Waals surface area contributed by atoms with Crippen molar-refractivity contribution < 1.29 is 0 Å². The van der Waals surface area contributed by atoms with E-state index in [0.29, 0.717) is 22.6 Å². The quantitative estimate of drug-likeness (QED) is 0.0943. The van der Waals surface area contributed by atoms with Gasteiger partial charge >= 0.3 is 0 Å². The molecule has 0 saturated heterocycles. The van der Waals surface area contributed by atoms with Crippen molar-refractivity contribution in [3.8, 4) is 124 Å². The van der Waals surface area contributed by atoms with Crippen LogP contribution < -0.4 is 14.7 Å². The van der Waals surface area contributed by atoms with Crippen molar-refractivity contribution in [2.24, 2.45) is 0 Å². The SMILES string of the molecule is [C-]#[N+]c1ccc2c(c1)C(C)(C)c1cc(C#N)ccc1N2c1ccc(-c2c(-c3ccccc3)nn(-c3ccccc3)c2-c2ccccc2)cc1.[C-]#[N+]c1ccc2c(c1)C(C)(C)c1ccccc1N2c1c(C)c(C)c(-c2c(-c3ccccc3)nn(-c3ccccc3)c2-c2ccccc2)c(C)c1C.[C-]#[N+]c1ccc2c(c1)C(C)(C)c1ccccc1N2c1ccc(-c2c(-c3ccccc3)nn(-c3ccccc3)c2-c2ccccc2)cc1. The molecule has 0 fully saturated rings. The number of benzene rings is 18. The van der Waals surface area contributed by atoms with Crippen LogP contribution >= 0.6 is 0 Å². The Balaban J connectivity index is 0.000000125. The molecule has 704 valence electrons. The number of nitrogens with zero attached hydrogens (tertiary/aromatic N) is 13. The van der Waals surface area contributed by atoms with E-state index in [4.69, 9.17) is 35.0 Å². The first-order valence-electron chi connectivity index (χ1n) is 49.6. The molecule has 13 heteroatoms. The van der Waals surface area contributed by atoms with E-state index < -0.39 is 5.41 Å². The van der Waals surface area contributed by atoms with Crippen molar-refractivity contribution in [1.29, 1.82) is 5.26 Å². The summed E-state index contributed by atoms with van der Waals surface area (Å²) >= 11 is 0. The molecule has 21 aromatic rings. The number of anilines is 9. The number of fused-ring (bicyclic) bond motifs is 6. The van der Waals surface area contributed by atoms with Crippen molar-refractivity contribution in [3.05, 3.63) is 538 Å². The summed E-state index contributed by atoms with van der Waals surface area (Å²) in [6.07, 6.45) is 0. The van der Waals surface area contributed by atoms with Gasteiger partial charge in [-0.3, -0.25) is 0 Å². The fourth-order valence-electron chi connectivity index (χ4n) is 22.0. The van der Waals surface area contributed by atoms with Crippen LogP contribution in [0.15, 0.2) is 443 Å². The Morgan fingerprint density at radius 1 is 0.231 bits per heavy atom. The smallest absolute Gasteiger partial charge is 0.187 e. The molecule has 0 spiro atoms. The fraction of sp³-hybridized carbons (Fsp3) is 0.0970. The Bertz CT molecular complexity index is 8690. The fourth-order valence-corrected chi connectivity index (χ4v) is 22.0. The van der Waals surface area contributed by atoms with Gasteiger partial charge in [0.2, 0.25) is 0 Å². The molecule has 0 bridgehead atoms.